The molecule has 0 spiro atoms. The first-order valence-corrected chi connectivity index (χ1v) is 7.30. The van der Waals surface area contributed by atoms with Gasteiger partial charge in [-0.15, -0.1) is 0 Å². The lowest BCUT2D eigenvalue weighted by molar-refractivity contribution is 0.352. The number of nitrogens with zero attached hydrogens (tertiary/aromatic N) is 4. The summed E-state index contributed by atoms with van der Waals surface area (Å²) in [7, 11) is 0. The number of piperazine rings is 1. The maximum absolute atomic E-state index is 4.64. The van der Waals surface area contributed by atoms with E-state index in [1.165, 1.54) is 0 Å². The Morgan fingerprint density at radius 3 is 2.85 bits per heavy atom. The number of aromatic nitrogens is 3. The van der Waals surface area contributed by atoms with Gasteiger partial charge in [-0.05, 0) is 25.8 Å². The molecule has 0 aromatic carbocycles. The van der Waals surface area contributed by atoms with Crippen LogP contribution in [-0.2, 0) is 0 Å². The van der Waals surface area contributed by atoms with Crippen LogP contribution in [0.4, 0.5) is 5.82 Å². The van der Waals surface area contributed by atoms with E-state index in [-0.39, 0.29) is 5.54 Å². The molecule has 3 rings (SSSR count). The van der Waals surface area contributed by atoms with E-state index < -0.39 is 0 Å². The molecule has 5 heteroatoms. The van der Waals surface area contributed by atoms with Gasteiger partial charge in [0.1, 0.15) is 5.52 Å². The molecule has 20 heavy (non-hydrogen) atoms. The Labute approximate surface area is 120 Å². The van der Waals surface area contributed by atoms with E-state index in [0.717, 1.165) is 36.7 Å². The number of nitrogens with one attached hydrogen (secondary N) is 1. The fourth-order valence-electron chi connectivity index (χ4n) is 2.78. The van der Waals surface area contributed by atoms with E-state index in [2.05, 4.69) is 54.1 Å². The summed E-state index contributed by atoms with van der Waals surface area (Å²) in [5.41, 5.74) is 2.34. The van der Waals surface area contributed by atoms with E-state index in [9.17, 15) is 0 Å². The second-order valence-electron chi connectivity index (χ2n) is 6.54. The Bertz CT molecular complexity index is 614. The standard InChI is InChI=1S/C15H23N5/c1-11(2)12-9-13-14(16-5-8-20(13)18-12)19-7-6-17-15(3,4)10-19/h5,8-9,11,17H,6-7,10H2,1-4H3. The largest absolute Gasteiger partial charge is 0.352 e. The summed E-state index contributed by atoms with van der Waals surface area (Å²) in [5.74, 6) is 1.48. The molecule has 1 aliphatic rings. The maximum Gasteiger partial charge on any atom is 0.154 e. The average Bonchev–Trinajstić information content (AvgIpc) is 2.81. The predicted molar refractivity (Wildman–Crippen MR) is 81.4 cm³/mol. The summed E-state index contributed by atoms with van der Waals surface area (Å²) in [6, 6.07) is 2.17. The zero-order valence-corrected chi connectivity index (χ0v) is 12.7. The minimum absolute atomic E-state index is 0.119. The Morgan fingerprint density at radius 1 is 1.35 bits per heavy atom. The first kappa shape index (κ1) is 13.4. The van der Waals surface area contributed by atoms with Gasteiger partial charge < -0.3 is 10.2 Å². The van der Waals surface area contributed by atoms with Crippen molar-refractivity contribution in [2.45, 2.75) is 39.2 Å². The van der Waals surface area contributed by atoms with Crippen LogP contribution in [0.1, 0.15) is 39.3 Å². The summed E-state index contributed by atoms with van der Waals surface area (Å²) in [4.78, 5) is 6.96. The summed E-state index contributed by atoms with van der Waals surface area (Å²) in [6.45, 7) is 11.7. The van der Waals surface area contributed by atoms with E-state index in [1.807, 2.05) is 16.9 Å². The highest BCUT2D eigenvalue weighted by molar-refractivity contribution is 5.69. The highest BCUT2D eigenvalue weighted by Gasteiger charge is 2.27. The molecule has 2 aromatic rings. The van der Waals surface area contributed by atoms with Gasteiger partial charge in [0.15, 0.2) is 5.82 Å². The molecule has 1 aliphatic heterocycles. The topological polar surface area (TPSA) is 45.5 Å². The van der Waals surface area contributed by atoms with Gasteiger partial charge in [0.25, 0.3) is 0 Å². The van der Waals surface area contributed by atoms with Gasteiger partial charge >= 0.3 is 0 Å². The second-order valence-corrected chi connectivity index (χ2v) is 6.54. The third-order valence-corrected chi connectivity index (χ3v) is 3.85. The zero-order chi connectivity index (χ0) is 14.3. The van der Waals surface area contributed by atoms with Crippen molar-refractivity contribution in [1.29, 1.82) is 0 Å². The van der Waals surface area contributed by atoms with Gasteiger partial charge in [-0.2, -0.15) is 5.10 Å². The van der Waals surface area contributed by atoms with Gasteiger partial charge in [-0.3, -0.25) is 0 Å². The minimum atomic E-state index is 0.119. The summed E-state index contributed by atoms with van der Waals surface area (Å²) in [6.07, 6.45) is 3.77. The molecule has 0 amide bonds. The molecular formula is C15H23N5. The number of anilines is 1. The van der Waals surface area contributed by atoms with Crippen molar-refractivity contribution in [3.63, 3.8) is 0 Å². The smallest absolute Gasteiger partial charge is 0.154 e. The average molecular weight is 273 g/mol. The number of rotatable bonds is 2. The van der Waals surface area contributed by atoms with Crippen LogP contribution in [-0.4, -0.2) is 39.8 Å². The molecule has 0 saturated carbocycles. The van der Waals surface area contributed by atoms with Gasteiger partial charge in [0.05, 0.1) is 5.69 Å². The van der Waals surface area contributed by atoms with Crippen LogP contribution in [0, 0.1) is 0 Å². The lowest BCUT2D eigenvalue weighted by Crippen LogP contribution is -2.57. The molecule has 108 valence electrons. The van der Waals surface area contributed by atoms with Crippen LogP contribution in [0.5, 0.6) is 0 Å². The molecule has 1 N–H and O–H groups in total. The molecule has 0 bridgehead atoms. The molecule has 1 saturated heterocycles. The van der Waals surface area contributed by atoms with Gasteiger partial charge in [0, 0.05) is 37.6 Å². The minimum Gasteiger partial charge on any atom is -0.352 e. The fraction of sp³-hybridized carbons (Fsp3) is 0.600. The third-order valence-electron chi connectivity index (χ3n) is 3.85. The Kier molecular flexibility index (Phi) is 3.17. The molecule has 0 radical (unpaired) electrons. The van der Waals surface area contributed by atoms with E-state index in [4.69, 9.17) is 0 Å². The molecule has 0 atom stereocenters. The van der Waals surface area contributed by atoms with Crippen LogP contribution < -0.4 is 10.2 Å². The van der Waals surface area contributed by atoms with E-state index >= 15 is 0 Å². The number of hydrogen-bond acceptors (Lipinski definition) is 4. The first-order valence-electron chi connectivity index (χ1n) is 7.30. The Hall–Kier alpha value is -1.62. The van der Waals surface area contributed by atoms with Crippen LogP contribution in [0.15, 0.2) is 18.5 Å². The van der Waals surface area contributed by atoms with Gasteiger partial charge in [0.2, 0.25) is 0 Å². The van der Waals surface area contributed by atoms with Crippen molar-refractivity contribution < 1.29 is 0 Å². The van der Waals surface area contributed by atoms with E-state index in [1.54, 1.807) is 0 Å². The van der Waals surface area contributed by atoms with Crippen molar-refractivity contribution in [3.05, 3.63) is 24.2 Å². The lowest BCUT2D eigenvalue weighted by atomic mass is 10.0. The molecule has 1 fully saturated rings. The monoisotopic (exact) mass is 273 g/mol. The zero-order valence-electron chi connectivity index (χ0n) is 12.7. The molecule has 2 aromatic heterocycles. The summed E-state index contributed by atoms with van der Waals surface area (Å²) >= 11 is 0. The highest BCUT2D eigenvalue weighted by atomic mass is 15.3. The predicted octanol–water partition coefficient (Wildman–Crippen LogP) is 2.04. The van der Waals surface area contributed by atoms with Crippen LogP contribution in [0.2, 0.25) is 0 Å². The molecule has 0 aliphatic carbocycles. The third kappa shape index (κ3) is 2.38. The van der Waals surface area contributed by atoms with E-state index in [0.29, 0.717) is 5.92 Å². The second kappa shape index (κ2) is 4.74. The highest BCUT2D eigenvalue weighted by Crippen LogP contribution is 2.25. The first-order chi connectivity index (χ1) is 9.46. The Balaban J connectivity index is 2.02. The normalized spacial score (nSPS) is 18.9. The summed E-state index contributed by atoms with van der Waals surface area (Å²) in [5, 5.41) is 8.18. The lowest BCUT2D eigenvalue weighted by Gasteiger charge is -2.39. The van der Waals surface area contributed by atoms with Crippen molar-refractivity contribution >= 4 is 11.3 Å². The summed E-state index contributed by atoms with van der Waals surface area (Å²) < 4.78 is 1.95. The quantitative estimate of drug-likeness (QED) is 0.909. The molecular weight excluding hydrogens is 250 g/mol. The van der Waals surface area contributed by atoms with Crippen LogP contribution >= 0.6 is 0 Å². The van der Waals surface area contributed by atoms with Gasteiger partial charge in [-0.1, -0.05) is 13.8 Å². The molecule has 3 heterocycles. The van der Waals surface area contributed by atoms with Crippen LogP contribution in [0.25, 0.3) is 5.52 Å². The van der Waals surface area contributed by atoms with Crippen molar-refractivity contribution in [1.82, 2.24) is 19.9 Å². The van der Waals surface area contributed by atoms with Crippen LogP contribution in [0.3, 0.4) is 0 Å². The van der Waals surface area contributed by atoms with Crippen molar-refractivity contribution in [2.75, 3.05) is 24.5 Å². The van der Waals surface area contributed by atoms with Crippen molar-refractivity contribution in [3.8, 4) is 0 Å². The number of hydrogen-bond donors (Lipinski definition) is 1. The SMILES string of the molecule is CC(C)c1cc2c(N3CCNC(C)(C)C3)nccn2n1. The fourth-order valence-corrected chi connectivity index (χ4v) is 2.78. The van der Waals surface area contributed by atoms with Crippen molar-refractivity contribution in [2.24, 2.45) is 0 Å². The van der Waals surface area contributed by atoms with Gasteiger partial charge in [-0.25, -0.2) is 9.50 Å². The number of fused-ring (bicyclic) bond motifs is 1. The molecule has 5 nitrogen and oxygen atoms in total. The molecule has 0 unspecified atom stereocenters. The Morgan fingerprint density at radius 2 is 2.15 bits per heavy atom. The maximum atomic E-state index is 4.64.